The standard InChI is InChI=1S/C15H19F4NO2/c16-14(17)15(18,19)22-13-5-3-12(4-6-13)2-1-7-20-8-10-21-11-9-20/h3-6,14H,1-2,7-11H2. The third-order valence-corrected chi connectivity index (χ3v) is 3.47. The van der Waals surface area contributed by atoms with Crippen molar-refractivity contribution in [3.63, 3.8) is 0 Å². The van der Waals surface area contributed by atoms with Gasteiger partial charge in [0, 0.05) is 13.1 Å². The van der Waals surface area contributed by atoms with Gasteiger partial charge in [-0.15, -0.1) is 0 Å². The van der Waals surface area contributed by atoms with Crippen molar-refractivity contribution in [3.05, 3.63) is 29.8 Å². The highest BCUT2D eigenvalue weighted by Gasteiger charge is 2.43. The fraction of sp³-hybridized carbons (Fsp3) is 0.600. The molecule has 7 heteroatoms. The number of aryl methyl sites for hydroxylation is 1. The van der Waals surface area contributed by atoms with Crippen LogP contribution in [0.5, 0.6) is 5.75 Å². The monoisotopic (exact) mass is 321 g/mol. The Morgan fingerprint density at radius 2 is 1.77 bits per heavy atom. The van der Waals surface area contributed by atoms with Crippen LogP contribution in [0.4, 0.5) is 17.6 Å². The van der Waals surface area contributed by atoms with Crippen LogP contribution in [0, 0.1) is 0 Å². The molecule has 0 atom stereocenters. The minimum atomic E-state index is -4.46. The fourth-order valence-electron chi connectivity index (χ4n) is 2.26. The van der Waals surface area contributed by atoms with Crippen molar-refractivity contribution in [2.24, 2.45) is 0 Å². The van der Waals surface area contributed by atoms with Crippen LogP contribution in [-0.2, 0) is 11.2 Å². The molecule has 0 bridgehead atoms. The van der Waals surface area contributed by atoms with Gasteiger partial charge in [0.05, 0.1) is 13.2 Å². The van der Waals surface area contributed by atoms with Crippen LogP contribution < -0.4 is 4.74 Å². The number of hydrogen-bond donors (Lipinski definition) is 0. The molecule has 0 spiro atoms. The molecule has 1 fully saturated rings. The van der Waals surface area contributed by atoms with E-state index in [0.29, 0.717) is 0 Å². The molecule has 1 saturated heterocycles. The lowest BCUT2D eigenvalue weighted by Crippen LogP contribution is -2.36. The number of alkyl halides is 4. The molecule has 124 valence electrons. The Morgan fingerprint density at radius 1 is 1.14 bits per heavy atom. The molecule has 0 aliphatic carbocycles. The molecule has 0 radical (unpaired) electrons. The first kappa shape index (κ1) is 17.0. The molecule has 1 heterocycles. The summed E-state index contributed by atoms with van der Waals surface area (Å²) in [5, 5.41) is 0. The molecule has 0 amide bonds. The Morgan fingerprint density at radius 3 is 2.36 bits per heavy atom. The van der Waals surface area contributed by atoms with E-state index in [0.717, 1.165) is 51.3 Å². The maximum Gasteiger partial charge on any atom is 0.461 e. The first-order chi connectivity index (χ1) is 10.5. The summed E-state index contributed by atoms with van der Waals surface area (Å²) in [7, 11) is 0. The maximum atomic E-state index is 12.8. The van der Waals surface area contributed by atoms with E-state index in [9.17, 15) is 17.6 Å². The summed E-state index contributed by atoms with van der Waals surface area (Å²) >= 11 is 0. The van der Waals surface area contributed by atoms with E-state index in [1.165, 1.54) is 12.1 Å². The lowest BCUT2D eigenvalue weighted by atomic mass is 10.1. The van der Waals surface area contributed by atoms with E-state index >= 15 is 0 Å². The average molecular weight is 321 g/mol. The molecule has 1 aliphatic rings. The average Bonchev–Trinajstić information content (AvgIpc) is 2.50. The molecule has 1 aromatic carbocycles. The van der Waals surface area contributed by atoms with Gasteiger partial charge in [-0.3, -0.25) is 4.90 Å². The van der Waals surface area contributed by atoms with E-state index in [1.807, 2.05) is 0 Å². The molecule has 1 aromatic rings. The van der Waals surface area contributed by atoms with Crippen molar-refractivity contribution in [3.8, 4) is 5.75 Å². The topological polar surface area (TPSA) is 21.7 Å². The summed E-state index contributed by atoms with van der Waals surface area (Å²) in [5.41, 5.74) is 0.959. The van der Waals surface area contributed by atoms with Crippen LogP contribution in [0.2, 0.25) is 0 Å². The van der Waals surface area contributed by atoms with Gasteiger partial charge < -0.3 is 9.47 Å². The van der Waals surface area contributed by atoms with E-state index in [-0.39, 0.29) is 5.75 Å². The van der Waals surface area contributed by atoms with Crippen molar-refractivity contribution < 1.29 is 27.0 Å². The van der Waals surface area contributed by atoms with Gasteiger partial charge in [0.15, 0.2) is 0 Å². The predicted octanol–water partition coefficient (Wildman–Crippen LogP) is 3.19. The SMILES string of the molecule is FC(F)C(F)(F)Oc1ccc(CCCN2CCOCC2)cc1. The first-order valence-electron chi connectivity index (χ1n) is 7.21. The predicted molar refractivity (Wildman–Crippen MR) is 73.6 cm³/mol. The van der Waals surface area contributed by atoms with Crippen LogP contribution in [0.1, 0.15) is 12.0 Å². The maximum absolute atomic E-state index is 12.8. The molecule has 1 aliphatic heterocycles. The van der Waals surface area contributed by atoms with Crippen LogP contribution in [0.15, 0.2) is 24.3 Å². The summed E-state index contributed by atoms with van der Waals surface area (Å²) in [6, 6.07) is 5.83. The Hall–Kier alpha value is -1.34. The summed E-state index contributed by atoms with van der Waals surface area (Å²) in [4.78, 5) is 2.31. The smallest absolute Gasteiger partial charge is 0.428 e. The number of hydrogen-bond acceptors (Lipinski definition) is 3. The zero-order valence-corrected chi connectivity index (χ0v) is 12.1. The van der Waals surface area contributed by atoms with Gasteiger partial charge in [0.25, 0.3) is 0 Å². The molecule has 22 heavy (non-hydrogen) atoms. The zero-order chi connectivity index (χ0) is 16.0. The third kappa shape index (κ3) is 5.14. The summed E-state index contributed by atoms with van der Waals surface area (Å²) in [5.74, 6) is -0.262. The number of nitrogens with zero attached hydrogens (tertiary/aromatic N) is 1. The highest BCUT2D eigenvalue weighted by molar-refractivity contribution is 5.27. The second-order valence-corrected chi connectivity index (χ2v) is 5.17. The highest BCUT2D eigenvalue weighted by atomic mass is 19.3. The van der Waals surface area contributed by atoms with Crippen molar-refractivity contribution in [1.82, 2.24) is 4.90 Å². The van der Waals surface area contributed by atoms with Crippen LogP contribution in [0.25, 0.3) is 0 Å². The number of halogens is 4. The normalized spacial score (nSPS) is 17.0. The number of morpholine rings is 1. The Labute approximate surface area is 126 Å². The van der Waals surface area contributed by atoms with Gasteiger partial charge in [-0.05, 0) is 37.1 Å². The van der Waals surface area contributed by atoms with Gasteiger partial charge in [-0.25, -0.2) is 0 Å². The molecular weight excluding hydrogens is 302 g/mol. The number of benzene rings is 1. The van der Waals surface area contributed by atoms with Gasteiger partial charge in [-0.2, -0.15) is 17.6 Å². The van der Waals surface area contributed by atoms with E-state index in [1.54, 1.807) is 12.1 Å². The molecule has 0 N–H and O–H groups in total. The van der Waals surface area contributed by atoms with Crippen LogP contribution >= 0.6 is 0 Å². The molecule has 0 unspecified atom stereocenters. The van der Waals surface area contributed by atoms with Crippen molar-refractivity contribution in [2.45, 2.75) is 25.4 Å². The van der Waals surface area contributed by atoms with Crippen molar-refractivity contribution in [2.75, 3.05) is 32.8 Å². The first-order valence-corrected chi connectivity index (χ1v) is 7.21. The minimum absolute atomic E-state index is 0.262. The van der Waals surface area contributed by atoms with Crippen LogP contribution in [-0.4, -0.2) is 50.3 Å². The van der Waals surface area contributed by atoms with Crippen molar-refractivity contribution >= 4 is 0 Å². The molecule has 0 aromatic heterocycles. The second-order valence-electron chi connectivity index (χ2n) is 5.17. The van der Waals surface area contributed by atoms with E-state index < -0.39 is 12.5 Å². The summed E-state index contributed by atoms with van der Waals surface area (Å²) < 4.78 is 58.8. The van der Waals surface area contributed by atoms with Gasteiger partial charge >= 0.3 is 12.5 Å². The molecule has 2 rings (SSSR count). The van der Waals surface area contributed by atoms with Gasteiger partial charge in [0.1, 0.15) is 5.75 Å². The van der Waals surface area contributed by atoms with E-state index in [4.69, 9.17) is 4.74 Å². The number of rotatable bonds is 7. The number of ether oxygens (including phenoxy) is 2. The van der Waals surface area contributed by atoms with Gasteiger partial charge in [0.2, 0.25) is 0 Å². The quantitative estimate of drug-likeness (QED) is 0.720. The van der Waals surface area contributed by atoms with E-state index in [2.05, 4.69) is 9.64 Å². The lowest BCUT2D eigenvalue weighted by molar-refractivity contribution is -0.253. The Kier molecular flexibility index (Phi) is 6.02. The lowest BCUT2D eigenvalue weighted by Gasteiger charge is -2.26. The fourth-order valence-corrected chi connectivity index (χ4v) is 2.26. The summed E-state index contributed by atoms with van der Waals surface area (Å²) in [6.07, 6.45) is -6.57. The largest absolute Gasteiger partial charge is 0.461 e. The summed E-state index contributed by atoms with van der Waals surface area (Å²) in [6.45, 7) is 4.31. The minimum Gasteiger partial charge on any atom is -0.428 e. The Bertz CT molecular complexity index is 447. The zero-order valence-electron chi connectivity index (χ0n) is 12.1. The molecule has 0 saturated carbocycles. The second kappa shape index (κ2) is 7.78. The Balaban J connectivity index is 1.76. The molecular formula is C15H19F4NO2. The third-order valence-electron chi connectivity index (χ3n) is 3.47. The molecule has 3 nitrogen and oxygen atoms in total. The van der Waals surface area contributed by atoms with Crippen molar-refractivity contribution in [1.29, 1.82) is 0 Å². The van der Waals surface area contributed by atoms with Crippen LogP contribution in [0.3, 0.4) is 0 Å². The highest BCUT2D eigenvalue weighted by Crippen LogP contribution is 2.27. The van der Waals surface area contributed by atoms with Gasteiger partial charge in [-0.1, -0.05) is 12.1 Å².